The number of rotatable bonds is 9. The molecule has 1 saturated heterocycles. The van der Waals surface area contributed by atoms with Crippen LogP contribution in [0.25, 0.3) is 0 Å². The van der Waals surface area contributed by atoms with E-state index in [0.717, 1.165) is 31.8 Å². The van der Waals surface area contributed by atoms with E-state index in [9.17, 15) is 4.79 Å². The lowest BCUT2D eigenvalue weighted by Crippen LogP contribution is -2.43. The highest BCUT2D eigenvalue weighted by Gasteiger charge is 2.23. The fourth-order valence-electron chi connectivity index (χ4n) is 3.60. The zero-order chi connectivity index (χ0) is 21.2. The number of likely N-dealkylation sites (tertiary alicyclic amines) is 1. The summed E-state index contributed by atoms with van der Waals surface area (Å²) in [5.74, 6) is 1.55. The molecule has 2 aromatic rings. The molecule has 0 saturated carbocycles. The molecule has 2 N–H and O–H groups in total. The van der Waals surface area contributed by atoms with Crippen LogP contribution >= 0.6 is 0 Å². The third-order valence-electron chi connectivity index (χ3n) is 5.34. The van der Waals surface area contributed by atoms with Gasteiger partial charge in [-0.15, -0.1) is 0 Å². The van der Waals surface area contributed by atoms with Gasteiger partial charge < -0.3 is 20.0 Å². The molecule has 1 aromatic carbocycles. The summed E-state index contributed by atoms with van der Waals surface area (Å²) in [4.78, 5) is 20.6. The second-order valence-corrected chi connectivity index (χ2v) is 7.76. The van der Waals surface area contributed by atoms with Crippen molar-refractivity contribution in [2.45, 2.75) is 25.3 Å². The van der Waals surface area contributed by atoms with Crippen LogP contribution < -0.4 is 10.6 Å². The van der Waals surface area contributed by atoms with Crippen molar-refractivity contribution in [3.05, 3.63) is 60.1 Å². The molecule has 0 bridgehead atoms. The Morgan fingerprint density at radius 1 is 1.13 bits per heavy atom. The fourth-order valence-corrected chi connectivity index (χ4v) is 3.60. The van der Waals surface area contributed by atoms with E-state index in [1.165, 1.54) is 18.4 Å². The van der Waals surface area contributed by atoms with Crippen molar-refractivity contribution in [1.29, 1.82) is 0 Å². The van der Waals surface area contributed by atoms with Crippen LogP contribution in [0.5, 0.6) is 0 Å². The molecule has 1 atom stereocenters. The van der Waals surface area contributed by atoms with Crippen LogP contribution in [-0.4, -0.2) is 68.5 Å². The first kappa shape index (κ1) is 21.9. The minimum Gasteiger partial charge on any atom is -0.469 e. The molecule has 1 aliphatic rings. The van der Waals surface area contributed by atoms with E-state index in [4.69, 9.17) is 4.42 Å². The van der Waals surface area contributed by atoms with Crippen LogP contribution in [0.1, 0.15) is 30.2 Å². The topological polar surface area (TPSA) is 73.1 Å². The average molecular weight is 412 g/mol. The molecule has 162 valence electrons. The molecule has 1 unspecified atom stereocenters. The van der Waals surface area contributed by atoms with E-state index in [1.54, 1.807) is 25.3 Å². The number of hydrogen-bond acceptors (Lipinski definition) is 4. The van der Waals surface area contributed by atoms with Crippen LogP contribution in [-0.2, 0) is 11.2 Å². The summed E-state index contributed by atoms with van der Waals surface area (Å²) in [6.07, 6.45) is 4.91. The van der Waals surface area contributed by atoms with Crippen molar-refractivity contribution in [3.63, 3.8) is 0 Å². The fraction of sp³-hybridized carbons (Fsp3) is 0.478. The Morgan fingerprint density at radius 2 is 1.90 bits per heavy atom. The molecule has 7 nitrogen and oxygen atoms in total. The smallest absolute Gasteiger partial charge is 0.243 e. The lowest BCUT2D eigenvalue weighted by Gasteiger charge is -2.29. The third kappa shape index (κ3) is 6.62. The van der Waals surface area contributed by atoms with Crippen LogP contribution in [0.2, 0.25) is 0 Å². The van der Waals surface area contributed by atoms with Crippen LogP contribution in [0.3, 0.4) is 0 Å². The normalized spacial score (nSPS) is 15.7. The van der Waals surface area contributed by atoms with Gasteiger partial charge in [-0.2, -0.15) is 0 Å². The van der Waals surface area contributed by atoms with Gasteiger partial charge >= 0.3 is 0 Å². The van der Waals surface area contributed by atoms with Gasteiger partial charge in [0.2, 0.25) is 5.91 Å². The van der Waals surface area contributed by atoms with Crippen LogP contribution in [0.4, 0.5) is 0 Å². The average Bonchev–Trinajstić information content (AvgIpc) is 3.46. The van der Waals surface area contributed by atoms with E-state index in [2.05, 4.69) is 44.8 Å². The highest BCUT2D eigenvalue weighted by atomic mass is 16.3. The number of aliphatic imine (C=N–C) groups is 1. The molecule has 1 aliphatic heterocycles. The van der Waals surface area contributed by atoms with Crippen molar-refractivity contribution < 1.29 is 9.21 Å². The quantitative estimate of drug-likeness (QED) is 0.489. The molecular weight excluding hydrogens is 378 g/mol. The monoisotopic (exact) mass is 411 g/mol. The largest absolute Gasteiger partial charge is 0.469 e. The third-order valence-corrected chi connectivity index (χ3v) is 5.34. The maximum Gasteiger partial charge on any atom is 0.243 e. The van der Waals surface area contributed by atoms with E-state index in [1.807, 2.05) is 18.2 Å². The second-order valence-electron chi connectivity index (χ2n) is 7.76. The van der Waals surface area contributed by atoms with Crippen LogP contribution in [0.15, 0.2) is 58.1 Å². The van der Waals surface area contributed by atoms with Gasteiger partial charge in [-0.25, -0.2) is 4.99 Å². The molecule has 3 rings (SSSR count). The highest BCUT2D eigenvalue weighted by molar-refractivity contribution is 5.84. The molecule has 0 radical (unpaired) electrons. The second kappa shape index (κ2) is 11.4. The lowest BCUT2D eigenvalue weighted by atomic mass is 10.1. The number of benzene rings is 1. The molecule has 7 heteroatoms. The summed E-state index contributed by atoms with van der Waals surface area (Å²) < 4.78 is 5.40. The Balaban J connectivity index is 1.64. The minimum absolute atomic E-state index is 0.0266. The van der Waals surface area contributed by atoms with Crippen LogP contribution in [0, 0.1) is 0 Å². The zero-order valence-electron chi connectivity index (χ0n) is 18.0. The van der Waals surface area contributed by atoms with E-state index in [0.29, 0.717) is 12.5 Å². The Hall–Kier alpha value is -2.80. The van der Waals surface area contributed by atoms with Gasteiger partial charge in [-0.05, 0) is 43.6 Å². The number of nitrogens with one attached hydrogen (secondary N) is 2. The summed E-state index contributed by atoms with van der Waals surface area (Å²) in [5, 5.41) is 6.80. The van der Waals surface area contributed by atoms with Crippen molar-refractivity contribution in [3.8, 4) is 0 Å². The molecule has 1 aromatic heterocycles. The summed E-state index contributed by atoms with van der Waals surface area (Å²) in [6.45, 7) is 3.74. The summed E-state index contributed by atoms with van der Waals surface area (Å²) in [5.41, 5.74) is 1.30. The maximum absolute atomic E-state index is 12.0. The molecule has 0 aliphatic carbocycles. The maximum atomic E-state index is 12.0. The SMILES string of the molecule is CN(C)C(=O)CN=C(NCCc1ccco1)NCC(c1ccccc1)N1CCCC1. The van der Waals surface area contributed by atoms with Crippen molar-refractivity contribution in [2.24, 2.45) is 4.99 Å². The van der Waals surface area contributed by atoms with Gasteiger partial charge in [0.05, 0.1) is 12.3 Å². The summed E-state index contributed by atoms with van der Waals surface area (Å²) in [6, 6.07) is 14.7. The lowest BCUT2D eigenvalue weighted by molar-refractivity contribution is -0.127. The van der Waals surface area contributed by atoms with Gasteiger partial charge in [-0.3, -0.25) is 9.69 Å². The van der Waals surface area contributed by atoms with Gasteiger partial charge in [0.25, 0.3) is 0 Å². The predicted molar refractivity (Wildman–Crippen MR) is 119 cm³/mol. The standard InChI is InChI=1S/C23H33N5O2/c1-27(2)22(29)18-26-23(24-13-12-20-11-8-16-30-20)25-17-21(28-14-6-7-15-28)19-9-4-3-5-10-19/h3-5,8-11,16,21H,6-7,12-15,17-18H2,1-2H3,(H2,24,25,26). The van der Waals surface area contributed by atoms with E-state index >= 15 is 0 Å². The highest BCUT2D eigenvalue weighted by Crippen LogP contribution is 2.24. The number of guanidine groups is 1. The van der Waals surface area contributed by atoms with E-state index < -0.39 is 0 Å². The molecule has 0 spiro atoms. The van der Waals surface area contributed by atoms with E-state index in [-0.39, 0.29) is 18.5 Å². The summed E-state index contributed by atoms with van der Waals surface area (Å²) in [7, 11) is 3.49. The molecular formula is C23H33N5O2. The molecule has 30 heavy (non-hydrogen) atoms. The molecule has 2 heterocycles. The number of carbonyl (C=O) groups excluding carboxylic acids is 1. The number of nitrogens with zero attached hydrogens (tertiary/aromatic N) is 3. The first-order valence-electron chi connectivity index (χ1n) is 10.7. The Morgan fingerprint density at radius 3 is 2.57 bits per heavy atom. The first-order valence-corrected chi connectivity index (χ1v) is 10.7. The predicted octanol–water partition coefficient (Wildman–Crippen LogP) is 2.28. The first-order chi connectivity index (χ1) is 14.6. The van der Waals surface area contributed by atoms with Gasteiger partial charge in [0, 0.05) is 33.6 Å². The Labute approximate surface area is 179 Å². The zero-order valence-corrected chi connectivity index (χ0v) is 18.0. The minimum atomic E-state index is -0.0266. The molecule has 1 amide bonds. The van der Waals surface area contributed by atoms with Gasteiger partial charge in [-0.1, -0.05) is 30.3 Å². The summed E-state index contributed by atoms with van der Waals surface area (Å²) >= 11 is 0. The van der Waals surface area contributed by atoms with Gasteiger partial charge in [0.1, 0.15) is 12.3 Å². The number of hydrogen-bond donors (Lipinski definition) is 2. The number of amides is 1. The number of furan rings is 1. The Bertz CT molecular complexity index is 783. The number of carbonyl (C=O) groups is 1. The molecule has 1 fully saturated rings. The van der Waals surface area contributed by atoms with Crippen molar-refractivity contribution in [2.75, 3.05) is 46.8 Å². The van der Waals surface area contributed by atoms with Crippen molar-refractivity contribution >= 4 is 11.9 Å². The Kier molecular flexibility index (Phi) is 8.32. The van der Waals surface area contributed by atoms with Gasteiger partial charge in [0.15, 0.2) is 5.96 Å². The van der Waals surface area contributed by atoms with Crippen molar-refractivity contribution in [1.82, 2.24) is 20.4 Å². The number of likely N-dealkylation sites (N-methyl/N-ethyl adjacent to an activating group) is 1.